The zero-order valence-corrected chi connectivity index (χ0v) is 20.0. The lowest BCUT2D eigenvalue weighted by Crippen LogP contribution is -2.32. The molecule has 0 fully saturated rings. The van der Waals surface area contributed by atoms with E-state index in [-0.39, 0.29) is 11.3 Å². The van der Waals surface area contributed by atoms with Gasteiger partial charge in [-0.25, -0.2) is 4.90 Å². The molecule has 4 rings (SSSR count). The third-order valence-electron chi connectivity index (χ3n) is 5.86. The number of carbonyl (C=O) groups excluding carboxylic acids is 2. The van der Waals surface area contributed by atoms with Crippen LogP contribution in [0.4, 0.5) is 11.4 Å². The number of benzene rings is 3. The number of imide groups is 1. The van der Waals surface area contributed by atoms with Crippen LogP contribution in [0.15, 0.2) is 72.4 Å². The second kappa shape index (κ2) is 9.74. The Balaban J connectivity index is 1.81. The molecule has 7 heteroatoms. The first-order valence-corrected chi connectivity index (χ1v) is 11.1. The number of rotatable bonds is 7. The first-order chi connectivity index (χ1) is 16.9. The maximum Gasteiger partial charge on any atom is 0.282 e. The molecular formula is C28H25N3O4. The maximum absolute atomic E-state index is 13.6. The monoisotopic (exact) mass is 467 g/mol. The van der Waals surface area contributed by atoms with Crippen LogP contribution in [0.1, 0.15) is 36.5 Å². The largest absolute Gasteiger partial charge is 0.493 e. The van der Waals surface area contributed by atoms with E-state index in [2.05, 4.69) is 19.2 Å². The molecule has 1 heterocycles. The Hall–Kier alpha value is -4.57. The van der Waals surface area contributed by atoms with E-state index in [0.29, 0.717) is 39.9 Å². The van der Waals surface area contributed by atoms with Crippen molar-refractivity contribution in [2.24, 2.45) is 0 Å². The molecule has 3 aromatic rings. The Labute approximate surface area is 204 Å². The van der Waals surface area contributed by atoms with E-state index in [1.807, 2.05) is 30.3 Å². The Morgan fingerprint density at radius 2 is 1.51 bits per heavy atom. The van der Waals surface area contributed by atoms with Crippen molar-refractivity contribution in [3.05, 3.63) is 89.1 Å². The number of nitriles is 1. The van der Waals surface area contributed by atoms with Crippen LogP contribution < -0.4 is 19.7 Å². The fourth-order valence-corrected chi connectivity index (χ4v) is 3.92. The van der Waals surface area contributed by atoms with Crippen LogP contribution >= 0.6 is 0 Å². The van der Waals surface area contributed by atoms with Gasteiger partial charge in [0.1, 0.15) is 5.70 Å². The van der Waals surface area contributed by atoms with E-state index < -0.39 is 11.8 Å². The van der Waals surface area contributed by atoms with E-state index in [1.54, 1.807) is 42.5 Å². The van der Waals surface area contributed by atoms with Crippen LogP contribution in [0.3, 0.4) is 0 Å². The summed E-state index contributed by atoms with van der Waals surface area (Å²) in [5.74, 6) is 0.351. The number of ether oxygens (including phenoxy) is 2. The van der Waals surface area contributed by atoms with Crippen LogP contribution in [-0.4, -0.2) is 26.0 Å². The van der Waals surface area contributed by atoms with Crippen molar-refractivity contribution in [1.82, 2.24) is 0 Å². The minimum Gasteiger partial charge on any atom is -0.493 e. The smallest absolute Gasteiger partial charge is 0.282 e. The van der Waals surface area contributed by atoms with Crippen LogP contribution in [0, 0.1) is 11.3 Å². The van der Waals surface area contributed by atoms with Gasteiger partial charge in [0, 0.05) is 5.69 Å². The number of nitrogens with one attached hydrogen (secondary N) is 1. The number of carbonyl (C=O) groups is 2. The number of methoxy groups -OCH3 is 2. The van der Waals surface area contributed by atoms with E-state index >= 15 is 0 Å². The molecule has 2 amide bonds. The molecule has 1 aliphatic rings. The lowest BCUT2D eigenvalue weighted by atomic mass is 10.0. The Morgan fingerprint density at radius 1 is 0.857 bits per heavy atom. The Kier molecular flexibility index (Phi) is 6.56. The van der Waals surface area contributed by atoms with Gasteiger partial charge in [-0.15, -0.1) is 0 Å². The zero-order chi connectivity index (χ0) is 25.1. The fourth-order valence-electron chi connectivity index (χ4n) is 3.92. The fraction of sp³-hybridized carbons (Fsp3) is 0.179. The molecule has 0 saturated carbocycles. The van der Waals surface area contributed by atoms with Crippen LogP contribution in [0.2, 0.25) is 0 Å². The highest BCUT2D eigenvalue weighted by Gasteiger charge is 2.40. The summed E-state index contributed by atoms with van der Waals surface area (Å²) in [6, 6.07) is 21.2. The number of hydrogen-bond acceptors (Lipinski definition) is 6. The van der Waals surface area contributed by atoms with Gasteiger partial charge in [0.05, 0.1) is 37.1 Å². The van der Waals surface area contributed by atoms with Crippen LogP contribution in [0.25, 0.3) is 5.57 Å². The summed E-state index contributed by atoms with van der Waals surface area (Å²) in [6.07, 6.45) is 0. The molecule has 7 nitrogen and oxygen atoms in total. The molecule has 1 aliphatic heterocycles. The highest BCUT2D eigenvalue weighted by molar-refractivity contribution is 6.46. The van der Waals surface area contributed by atoms with Gasteiger partial charge in [-0.05, 0) is 65.6 Å². The molecule has 0 bridgehead atoms. The molecule has 35 heavy (non-hydrogen) atoms. The first-order valence-electron chi connectivity index (χ1n) is 11.1. The molecule has 0 aromatic heterocycles. The minimum absolute atomic E-state index is 0.156. The van der Waals surface area contributed by atoms with Crippen molar-refractivity contribution in [3.8, 4) is 17.6 Å². The molecule has 0 saturated heterocycles. The molecule has 0 spiro atoms. The molecule has 1 N–H and O–H groups in total. The van der Waals surface area contributed by atoms with Crippen molar-refractivity contribution in [2.75, 3.05) is 24.4 Å². The van der Waals surface area contributed by atoms with Crippen molar-refractivity contribution in [1.29, 1.82) is 5.26 Å². The van der Waals surface area contributed by atoms with Crippen molar-refractivity contribution < 1.29 is 19.1 Å². The first kappa shape index (κ1) is 23.6. The lowest BCUT2D eigenvalue weighted by Gasteiger charge is -2.15. The molecule has 0 aliphatic carbocycles. The average molecular weight is 468 g/mol. The summed E-state index contributed by atoms with van der Waals surface area (Å²) < 4.78 is 10.7. The van der Waals surface area contributed by atoms with Crippen molar-refractivity contribution >= 4 is 28.8 Å². The SMILES string of the molecule is COc1ccc(C2=C(Nc3ccc(C(C)C)cc3)C(=O)N(c3ccc(C#N)cc3)C2=O)cc1OC. The van der Waals surface area contributed by atoms with Gasteiger partial charge in [0.25, 0.3) is 11.8 Å². The van der Waals surface area contributed by atoms with Gasteiger partial charge in [0.15, 0.2) is 11.5 Å². The summed E-state index contributed by atoms with van der Waals surface area (Å²) in [5, 5.41) is 12.3. The number of hydrogen-bond donors (Lipinski definition) is 1. The number of anilines is 2. The van der Waals surface area contributed by atoms with Crippen molar-refractivity contribution in [3.63, 3.8) is 0 Å². The average Bonchev–Trinajstić information content (AvgIpc) is 3.12. The summed E-state index contributed by atoms with van der Waals surface area (Å²) in [4.78, 5) is 28.3. The summed E-state index contributed by atoms with van der Waals surface area (Å²) in [5.41, 5.74) is 3.55. The molecule has 176 valence electrons. The molecular weight excluding hydrogens is 442 g/mol. The number of amides is 2. The normalized spacial score (nSPS) is 13.3. The van der Waals surface area contributed by atoms with E-state index in [1.165, 1.54) is 14.2 Å². The predicted molar refractivity (Wildman–Crippen MR) is 134 cm³/mol. The third-order valence-corrected chi connectivity index (χ3v) is 5.86. The molecule has 0 unspecified atom stereocenters. The molecule has 0 radical (unpaired) electrons. The van der Waals surface area contributed by atoms with Crippen molar-refractivity contribution in [2.45, 2.75) is 19.8 Å². The van der Waals surface area contributed by atoms with Gasteiger partial charge in [0.2, 0.25) is 0 Å². The third kappa shape index (κ3) is 4.46. The summed E-state index contributed by atoms with van der Waals surface area (Å²) in [7, 11) is 3.04. The molecule has 0 atom stereocenters. The van der Waals surface area contributed by atoms with Gasteiger partial charge < -0.3 is 14.8 Å². The number of nitrogens with zero attached hydrogens (tertiary/aromatic N) is 2. The minimum atomic E-state index is -0.488. The second-order valence-corrected chi connectivity index (χ2v) is 8.33. The summed E-state index contributed by atoms with van der Waals surface area (Å²) in [6.45, 7) is 4.21. The lowest BCUT2D eigenvalue weighted by molar-refractivity contribution is -0.120. The Morgan fingerprint density at radius 3 is 2.09 bits per heavy atom. The topological polar surface area (TPSA) is 91.7 Å². The van der Waals surface area contributed by atoms with Crippen LogP contribution in [0.5, 0.6) is 11.5 Å². The van der Waals surface area contributed by atoms with Gasteiger partial charge in [-0.1, -0.05) is 32.0 Å². The highest BCUT2D eigenvalue weighted by Crippen LogP contribution is 2.37. The van der Waals surface area contributed by atoms with E-state index in [4.69, 9.17) is 14.7 Å². The van der Waals surface area contributed by atoms with Gasteiger partial charge >= 0.3 is 0 Å². The quantitative estimate of drug-likeness (QED) is 0.487. The van der Waals surface area contributed by atoms with E-state index in [9.17, 15) is 9.59 Å². The highest BCUT2D eigenvalue weighted by atomic mass is 16.5. The van der Waals surface area contributed by atoms with Gasteiger partial charge in [-0.2, -0.15) is 5.26 Å². The predicted octanol–water partition coefficient (Wildman–Crippen LogP) is 5.10. The van der Waals surface area contributed by atoms with E-state index in [0.717, 1.165) is 10.5 Å². The zero-order valence-electron chi connectivity index (χ0n) is 20.0. The Bertz CT molecular complexity index is 1350. The molecule has 3 aromatic carbocycles. The maximum atomic E-state index is 13.6. The second-order valence-electron chi connectivity index (χ2n) is 8.33. The van der Waals surface area contributed by atoms with Gasteiger partial charge in [-0.3, -0.25) is 9.59 Å². The van der Waals surface area contributed by atoms with Crippen LogP contribution in [-0.2, 0) is 9.59 Å². The standard InChI is InChI=1S/C28H25N3O4/c1-17(2)19-7-10-21(11-8-19)30-26-25(20-9-14-23(34-3)24(15-20)35-4)27(32)31(28(26)33)22-12-5-18(16-29)6-13-22/h5-15,17,30H,1-4H3. The summed E-state index contributed by atoms with van der Waals surface area (Å²) >= 11 is 0.